The molecular weight excluding hydrogens is 385 g/mol. The lowest BCUT2D eigenvalue weighted by Gasteiger charge is -2.11. The van der Waals surface area contributed by atoms with E-state index in [2.05, 4.69) is 10.5 Å². The van der Waals surface area contributed by atoms with Gasteiger partial charge in [0, 0.05) is 5.56 Å². The molecule has 0 saturated carbocycles. The maximum Gasteiger partial charge on any atom is 0.416 e. The number of carbonyl (C=O) groups is 1. The van der Waals surface area contributed by atoms with Crippen LogP contribution in [0.4, 0.5) is 13.2 Å². The van der Waals surface area contributed by atoms with Gasteiger partial charge in [-0.25, -0.2) is 5.43 Å². The van der Waals surface area contributed by atoms with Crippen molar-refractivity contribution in [2.24, 2.45) is 5.10 Å². The normalized spacial score (nSPS) is 11.5. The molecule has 1 amide bonds. The Labute approximate surface area is 158 Å². The molecule has 0 saturated heterocycles. The quantitative estimate of drug-likeness (QED) is 0.572. The van der Waals surface area contributed by atoms with Crippen LogP contribution in [0.2, 0.25) is 5.02 Å². The maximum absolute atomic E-state index is 12.7. The highest BCUT2D eigenvalue weighted by Crippen LogP contribution is 2.35. The predicted octanol–water partition coefficient (Wildman–Crippen LogP) is 4.53. The fourth-order valence-corrected chi connectivity index (χ4v) is 2.49. The zero-order valence-electron chi connectivity index (χ0n) is 14.4. The van der Waals surface area contributed by atoms with E-state index in [1.54, 1.807) is 19.1 Å². The van der Waals surface area contributed by atoms with Crippen LogP contribution >= 0.6 is 11.6 Å². The first-order valence-electron chi connectivity index (χ1n) is 7.77. The molecule has 27 heavy (non-hydrogen) atoms. The summed E-state index contributed by atoms with van der Waals surface area (Å²) < 4.78 is 48.7. The van der Waals surface area contributed by atoms with Gasteiger partial charge in [0.25, 0.3) is 5.91 Å². The van der Waals surface area contributed by atoms with E-state index >= 15 is 0 Å². The second-order valence-electron chi connectivity index (χ2n) is 5.24. The molecule has 0 aliphatic carbocycles. The lowest BCUT2D eigenvalue weighted by Crippen LogP contribution is -2.18. The Morgan fingerprint density at radius 1 is 1.30 bits per heavy atom. The molecular formula is C18H16ClF3N2O3. The van der Waals surface area contributed by atoms with Crippen LogP contribution in [0.3, 0.4) is 0 Å². The van der Waals surface area contributed by atoms with E-state index in [1.807, 2.05) is 0 Å². The standard InChI is InChI=1S/C18H16ClF3N2O3/c1-3-27-15-8-11(7-14(19)16(15)26-2)10-23-24-17(25)12-5-4-6-13(9-12)18(20,21)22/h4-10H,3H2,1-2H3,(H,24,25)/b23-10-. The first-order chi connectivity index (χ1) is 12.8. The molecule has 0 aliphatic heterocycles. The van der Waals surface area contributed by atoms with E-state index in [-0.39, 0.29) is 10.6 Å². The lowest BCUT2D eigenvalue weighted by molar-refractivity contribution is -0.137. The van der Waals surface area contributed by atoms with Crippen LogP contribution in [-0.4, -0.2) is 25.8 Å². The summed E-state index contributed by atoms with van der Waals surface area (Å²) in [5, 5.41) is 4.03. The highest BCUT2D eigenvalue weighted by molar-refractivity contribution is 6.32. The first-order valence-corrected chi connectivity index (χ1v) is 8.15. The van der Waals surface area contributed by atoms with Gasteiger partial charge in [-0.2, -0.15) is 18.3 Å². The Bertz CT molecular complexity index is 854. The Hall–Kier alpha value is -2.74. The van der Waals surface area contributed by atoms with Gasteiger partial charge in [0.1, 0.15) is 0 Å². The van der Waals surface area contributed by atoms with E-state index in [9.17, 15) is 18.0 Å². The zero-order chi connectivity index (χ0) is 20.0. The van der Waals surface area contributed by atoms with Crippen molar-refractivity contribution in [3.8, 4) is 11.5 Å². The van der Waals surface area contributed by atoms with Gasteiger partial charge in [0.05, 0.1) is 30.5 Å². The SMILES string of the molecule is CCOc1cc(/C=N\NC(=O)c2cccc(C(F)(F)F)c2)cc(Cl)c1OC. The van der Waals surface area contributed by atoms with E-state index in [0.717, 1.165) is 18.2 Å². The third-order valence-corrected chi connectivity index (χ3v) is 3.65. The molecule has 0 aliphatic rings. The average Bonchev–Trinajstić information content (AvgIpc) is 2.61. The van der Waals surface area contributed by atoms with E-state index in [1.165, 1.54) is 19.4 Å². The minimum absolute atomic E-state index is 0.162. The Balaban J connectivity index is 2.14. The number of amides is 1. The molecule has 144 valence electrons. The number of benzene rings is 2. The van der Waals surface area contributed by atoms with Gasteiger partial charge >= 0.3 is 6.18 Å². The second kappa shape index (κ2) is 8.77. The molecule has 2 aromatic rings. The van der Waals surface area contributed by atoms with Gasteiger partial charge in [-0.15, -0.1) is 0 Å². The third kappa shape index (κ3) is 5.37. The molecule has 0 atom stereocenters. The lowest BCUT2D eigenvalue weighted by atomic mass is 10.1. The number of nitrogens with zero attached hydrogens (tertiary/aromatic N) is 1. The van der Waals surface area contributed by atoms with Gasteiger partial charge in [-0.1, -0.05) is 17.7 Å². The molecule has 0 bridgehead atoms. The largest absolute Gasteiger partial charge is 0.491 e. The summed E-state index contributed by atoms with van der Waals surface area (Å²) in [7, 11) is 1.45. The molecule has 9 heteroatoms. The minimum Gasteiger partial charge on any atom is -0.491 e. The number of halogens is 4. The van der Waals surface area contributed by atoms with Crippen molar-refractivity contribution in [3.63, 3.8) is 0 Å². The second-order valence-corrected chi connectivity index (χ2v) is 5.65. The molecule has 0 unspecified atom stereocenters. The number of hydrogen-bond acceptors (Lipinski definition) is 4. The number of nitrogens with one attached hydrogen (secondary N) is 1. The maximum atomic E-state index is 12.7. The number of hydrazone groups is 1. The van der Waals surface area contributed by atoms with Gasteiger partial charge in [-0.05, 0) is 42.8 Å². The van der Waals surface area contributed by atoms with Crippen molar-refractivity contribution >= 4 is 23.7 Å². The average molecular weight is 401 g/mol. The van der Waals surface area contributed by atoms with Crippen LogP contribution in [-0.2, 0) is 6.18 Å². The summed E-state index contributed by atoms with van der Waals surface area (Å²) in [6.45, 7) is 2.18. The Morgan fingerprint density at radius 3 is 2.67 bits per heavy atom. The molecule has 0 radical (unpaired) electrons. The van der Waals surface area contributed by atoms with Crippen molar-refractivity contribution in [3.05, 3.63) is 58.1 Å². The summed E-state index contributed by atoms with van der Waals surface area (Å²) in [6.07, 6.45) is -3.24. The Morgan fingerprint density at radius 2 is 2.04 bits per heavy atom. The topological polar surface area (TPSA) is 59.9 Å². The minimum atomic E-state index is -4.53. The molecule has 5 nitrogen and oxygen atoms in total. The fraction of sp³-hybridized carbons (Fsp3) is 0.222. The molecule has 1 N–H and O–H groups in total. The smallest absolute Gasteiger partial charge is 0.416 e. The van der Waals surface area contributed by atoms with Gasteiger partial charge in [0.2, 0.25) is 0 Å². The van der Waals surface area contributed by atoms with E-state index < -0.39 is 17.6 Å². The van der Waals surface area contributed by atoms with Crippen LogP contribution in [0, 0.1) is 0 Å². The number of hydrogen-bond donors (Lipinski definition) is 1. The number of carbonyl (C=O) groups excluding carboxylic acids is 1. The molecule has 0 fully saturated rings. The van der Waals surface area contributed by atoms with Gasteiger partial charge in [0.15, 0.2) is 11.5 Å². The summed E-state index contributed by atoms with van der Waals surface area (Å²) in [5.74, 6) is -0.0104. The summed E-state index contributed by atoms with van der Waals surface area (Å²) in [5.41, 5.74) is 1.60. The zero-order valence-corrected chi connectivity index (χ0v) is 15.2. The van der Waals surface area contributed by atoms with Crippen molar-refractivity contribution in [1.82, 2.24) is 5.43 Å². The van der Waals surface area contributed by atoms with Crippen molar-refractivity contribution in [2.45, 2.75) is 13.1 Å². The first kappa shape index (κ1) is 20.6. The van der Waals surface area contributed by atoms with Crippen molar-refractivity contribution in [2.75, 3.05) is 13.7 Å². The van der Waals surface area contributed by atoms with Gasteiger partial charge in [-0.3, -0.25) is 4.79 Å². The summed E-state index contributed by atoms with van der Waals surface area (Å²) >= 11 is 6.11. The van der Waals surface area contributed by atoms with Gasteiger partial charge < -0.3 is 9.47 Å². The highest BCUT2D eigenvalue weighted by atomic mass is 35.5. The fourth-order valence-electron chi connectivity index (χ4n) is 2.19. The molecule has 0 spiro atoms. The van der Waals surface area contributed by atoms with Crippen LogP contribution in [0.25, 0.3) is 0 Å². The van der Waals surface area contributed by atoms with Crippen LogP contribution in [0.5, 0.6) is 11.5 Å². The summed E-state index contributed by atoms with van der Waals surface area (Å²) in [4.78, 5) is 12.0. The number of methoxy groups -OCH3 is 1. The number of alkyl halides is 3. The molecule has 0 heterocycles. The third-order valence-electron chi connectivity index (χ3n) is 3.37. The van der Waals surface area contributed by atoms with Crippen LogP contribution in [0.15, 0.2) is 41.5 Å². The molecule has 2 rings (SSSR count). The van der Waals surface area contributed by atoms with Crippen molar-refractivity contribution in [1.29, 1.82) is 0 Å². The highest BCUT2D eigenvalue weighted by Gasteiger charge is 2.30. The van der Waals surface area contributed by atoms with Crippen LogP contribution < -0.4 is 14.9 Å². The summed E-state index contributed by atoms with van der Waals surface area (Å²) in [6, 6.07) is 7.20. The number of ether oxygens (including phenoxy) is 2. The van der Waals surface area contributed by atoms with Crippen molar-refractivity contribution < 1.29 is 27.4 Å². The van der Waals surface area contributed by atoms with E-state index in [4.69, 9.17) is 21.1 Å². The predicted molar refractivity (Wildman–Crippen MR) is 95.7 cm³/mol. The van der Waals surface area contributed by atoms with Crippen LogP contribution in [0.1, 0.15) is 28.4 Å². The monoisotopic (exact) mass is 400 g/mol. The Kier molecular flexibility index (Phi) is 6.68. The van der Waals surface area contributed by atoms with E-state index in [0.29, 0.717) is 23.7 Å². The number of rotatable bonds is 6. The molecule has 0 aromatic heterocycles. The molecule has 2 aromatic carbocycles.